The molecule has 4 rings (SSSR count). The van der Waals surface area contributed by atoms with Gasteiger partial charge in [-0.25, -0.2) is 0 Å². The van der Waals surface area contributed by atoms with Crippen LogP contribution in [0.4, 0.5) is 5.82 Å². The van der Waals surface area contributed by atoms with Crippen molar-refractivity contribution < 1.29 is 5.48 Å². The van der Waals surface area contributed by atoms with Gasteiger partial charge in [-0.1, -0.05) is 60.7 Å². The third-order valence-electron chi connectivity index (χ3n) is 5.86. The molecule has 32 heavy (non-hydrogen) atoms. The highest BCUT2D eigenvalue weighted by Gasteiger charge is 2.19. The van der Waals surface area contributed by atoms with Crippen molar-refractivity contribution in [3.8, 4) is 11.3 Å². The first kappa shape index (κ1) is 27.9. The monoisotopic (exact) mass is 476 g/mol. The summed E-state index contributed by atoms with van der Waals surface area (Å²) in [5.74, 6) is 1.71. The minimum Gasteiger partial charge on any atom is -0.412 e. The number of nitrogens with zero attached hydrogens (tertiary/aromatic N) is 3. The molecule has 0 radical (unpaired) electrons. The largest absolute Gasteiger partial charge is 0.412 e. The Kier molecular flexibility index (Phi) is 12.2. The molecular formula is C25H34Cl2N4O. The molecule has 7 heteroatoms. The number of hydrogen-bond donors (Lipinski definition) is 1. The van der Waals surface area contributed by atoms with Gasteiger partial charge in [0, 0.05) is 18.7 Å². The lowest BCUT2D eigenvalue weighted by Crippen LogP contribution is -2.33. The van der Waals surface area contributed by atoms with Crippen LogP contribution in [0.1, 0.15) is 30.4 Å². The van der Waals surface area contributed by atoms with Gasteiger partial charge in [-0.3, -0.25) is 4.90 Å². The van der Waals surface area contributed by atoms with E-state index < -0.39 is 0 Å². The fourth-order valence-electron chi connectivity index (χ4n) is 4.08. The van der Waals surface area contributed by atoms with Crippen molar-refractivity contribution in [1.29, 1.82) is 0 Å². The van der Waals surface area contributed by atoms with E-state index in [0.717, 1.165) is 41.6 Å². The maximum absolute atomic E-state index is 4.43. The molecule has 0 amide bonds. The van der Waals surface area contributed by atoms with Crippen molar-refractivity contribution in [3.05, 3.63) is 77.9 Å². The molecule has 2 heterocycles. The van der Waals surface area contributed by atoms with Crippen molar-refractivity contribution in [2.75, 3.05) is 25.0 Å². The number of piperidine rings is 1. The van der Waals surface area contributed by atoms with Crippen molar-refractivity contribution >= 4 is 30.6 Å². The van der Waals surface area contributed by atoms with Crippen LogP contribution < -0.4 is 5.32 Å². The predicted octanol–water partition coefficient (Wildman–Crippen LogP) is 5.19. The minimum absolute atomic E-state index is 0. The van der Waals surface area contributed by atoms with Crippen LogP contribution in [0, 0.1) is 12.8 Å². The van der Waals surface area contributed by atoms with Gasteiger partial charge < -0.3 is 10.8 Å². The molecule has 1 aliphatic heterocycles. The Balaban J connectivity index is 0.00000171. The molecule has 0 bridgehead atoms. The van der Waals surface area contributed by atoms with E-state index in [9.17, 15) is 0 Å². The van der Waals surface area contributed by atoms with E-state index in [1.807, 2.05) is 18.2 Å². The summed E-state index contributed by atoms with van der Waals surface area (Å²) in [4.78, 5) is 2.58. The molecule has 0 aliphatic carbocycles. The number of aryl methyl sites for hydroxylation is 1. The molecule has 1 aromatic heterocycles. The van der Waals surface area contributed by atoms with Crippen LogP contribution in [0.3, 0.4) is 0 Å². The van der Waals surface area contributed by atoms with Crippen molar-refractivity contribution in [2.45, 2.75) is 32.7 Å². The van der Waals surface area contributed by atoms with Gasteiger partial charge in [0.15, 0.2) is 5.82 Å². The summed E-state index contributed by atoms with van der Waals surface area (Å²) < 4.78 is 0. The highest BCUT2D eigenvalue weighted by atomic mass is 35.5. The van der Waals surface area contributed by atoms with Gasteiger partial charge >= 0.3 is 0 Å². The number of rotatable bonds is 7. The Labute approximate surface area is 203 Å². The predicted molar refractivity (Wildman–Crippen MR) is 138 cm³/mol. The summed E-state index contributed by atoms with van der Waals surface area (Å²) >= 11 is 0. The Morgan fingerprint density at radius 2 is 1.53 bits per heavy atom. The van der Waals surface area contributed by atoms with E-state index in [2.05, 4.69) is 75.9 Å². The number of benzene rings is 2. The summed E-state index contributed by atoms with van der Waals surface area (Å²) in [5.41, 5.74) is 4.61. The topological polar surface area (TPSA) is 72.6 Å². The molecule has 1 fully saturated rings. The summed E-state index contributed by atoms with van der Waals surface area (Å²) in [6.45, 7) is 6.54. The fraction of sp³-hybridized carbons (Fsp3) is 0.360. The molecule has 3 N–H and O–H groups in total. The smallest absolute Gasteiger partial charge is 0.151 e. The second-order valence-electron chi connectivity index (χ2n) is 8.05. The van der Waals surface area contributed by atoms with E-state index in [4.69, 9.17) is 0 Å². The van der Waals surface area contributed by atoms with Crippen LogP contribution >= 0.6 is 24.8 Å². The summed E-state index contributed by atoms with van der Waals surface area (Å²) in [7, 11) is 0. The van der Waals surface area contributed by atoms with Crippen LogP contribution in [-0.4, -0.2) is 40.2 Å². The van der Waals surface area contributed by atoms with Gasteiger partial charge in [0.2, 0.25) is 0 Å². The van der Waals surface area contributed by atoms with Crippen LogP contribution in [0.2, 0.25) is 0 Å². The number of nitrogens with one attached hydrogen (secondary N) is 1. The number of hydrogen-bond acceptors (Lipinski definition) is 4. The molecule has 1 saturated heterocycles. The van der Waals surface area contributed by atoms with E-state index >= 15 is 0 Å². The molecule has 0 unspecified atom stereocenters. The fourth-order valence-corrected chi connectivity index (χ4v) is 4.08. The normalized spacial score (nSPS) is 13.9. The third-order valence-corrected chi connectivity index (χ3v) is 5.86. The maximum atomic E-state index is 4.43. The lowest BCUT2D eigenvalue weighted by Gasteiger charge is -2.32. The van der Waals surface area contributed by atoms with Crippen LogP contribution in [0.5, 0.6) is 0 Å². The summed E-state index contributed by atoms with van der Waals surface area (Å²) in [6, 6.07) is 23.1. The number of halogens is 2. The Morgan fingerprint density at radius 1 is 0.906 bits per heavy atom. The van der Waals surface area contributed by atoms with Crippen molar-refractivity contribution in [1.82, 2.24) is 15.1 Å². The van der Waals surface area contributed by atoms with E-state index in [1.165, 1.54) is 37.9 Å². The van der Waals surface area contributed by atoms with Gasteiger partial charge in [-0.2, -0.15) is 0 Å². The Hall–Kier alpha value is -2.18. The first-order valence-electron chi connectivity index (χ1n) is 10.7. The molecule has 0 atom stereocenters. The molecule has 174 valence electrons. The number of aromatic nitrogens is 2. The molecule has 0 saturated carbocycles. The van der Waals surface area contributed by atoms with E-state index in [-0.39, 0.29) is 30.3 Å². The highest BCUT2D eigenvalue weighted by Crippen LogP contribution is 2.23. The maximum Gasteiger partial charge on any atom is 0.151 e. The van der Waals surface area contributed by atoms with E-state index in [1.54, 1.807) is 0 Å². The molecule has 5 nitrogen and oxygen atoms in total. The van der Waals surface area contributed by atoms with Crippen molar-refractivity contribution in [3.63, 3.8) is 0 Å². The second-order valence-corrected chi connectivity index (χ2v) is 8.05. The third kappa shape index (κ3) is 7.75. The van der Waals surface area contributed by atoms with Crippen LogP contribution in [-0.2, 0) is 6.54 Å². The highest BCUT2D eigenvalue weighted by molar-refractivity contribution is 5.85. The standard InChI is InChI=1S/C25H30N4.2ClH.H2O/c1-20-18-24(23-10-6-3-7-11-23)27-28-25(20)26-15-12-21-13-16-29(17-14-21)19-22-8-4-2-5-9-22;;;/h2-11,18,21H,12-17,19H2,1H3,(H,26,28);2*1H;1H2. The zero-order valence-electron chi connectivity index (χ0n) is 18.5. The van der Waals surface area contributed by atoms with Crippen LogP contribution in [0.15, 0.2) is 66.7 Å². The van der Waals surface area contributed by atoms with Gasteiger partial charge in [0.05, 0.1) is 5.69 Å². The summed E-state index contributed by atoms with van der Waals surface area (Å²) in [5, 5.41) is 12.3. The number of likely N-dealkylation sites (tertiary alicyclic amines) is 1. The molecule has 0 spiro atoms. The minimum atomic E-state index is 0. The Bertz CT molecular complexity index is 904. The van der Waals surface area contributed by atoms with Gasteiger partial charge in [-0.15, -0.1) is 35.0 Å². The van der Waals surface area contributed by atoms with Gasteiger partial charge in [0.1, 0.15) is 0 Å². The lowest BCUT2D eigenvalue weighted by atomic mass is 9.93. The molecule has 2 aromatic carbocycles. The quantitative estimate of drug-likeness (QED) is 0.509. The van der Waals surface area contributed by atoms with Crippen molar-refractivity contribution in [2.24, 2.45) is 5.92 Å². The molecular weight excluding hydrogens is 443 g/mol. The number of anilines is 1. The van der Waals surface area contributed by atoms with E-state index in [0.29, 0.717) is 0 Å². The summed E-state index contributed by atoms with van der Waals surface area (Å²) in [6.07, 6.45) is 3.76. The van der Waals surface area contributed by atoms with Gasteiger partial charge in [0.25, 0.3) is 0 Å². The SMILES string of the molecule is Cc1cc(-c2ccccc2)nnc1NCCC1CCN(Cc2ccccc2)CC1.Cl.Cl.O. The zero-order chi connectivity index (χ0) is 19.9. The average molecular weight is 477 g/mol. The zero-order valence-corrected chi connectivity index (χ0v) is 20.2. The van der Waals surface area contributed by atoms with Crippen LogP contribution in [0.25, 0.3) is 11.3 Å². The molecule has 3 aromatic rings. The lowest BCUT2D eigenvalue weighted by molar-refractivity contribution is 0.174. The molecule has 1 aliphatic rings. The second kappa shape index (κ2) is 14.1. The first-order chi connectivity index (χ1) is 14.3. The average Bonchev–Trinajstić information content (AvgIpc) is 2.77. The Morgan fingerprint density at radius 3 is 2.16 bits per heavy atom. The first-order valence-corrected chi connectivity index (χ1v) is 10.7. The van der Waals surface area contributed by atoms with Gasteiger partial charge in [-0.05, 0) is 62.4 Å².